The number of aliphatic hydroxyl groups is 1. The van der Waals surface area contributed by atoms with Gasteiger partial charge in [-0.1, -0.05) is 6.07 Å². The number of phenols is 1. The average molecular weight is 262 g/mol. The van der Waals surface area contributed by atoms with Crippen LogP contribution in [0.5, 0.6) is 11.5 Å². The molecule has 0 radical (unpaired) electrons. The van der Waals surface area contributed by atoms with E-state index in [1.165, 1.54) is 19.1 Å². The zero-order chi connectivity index (χ0) is 12.1. The van der Waals surface area contributed by atoms with Gasteiger partial charge >= 0.3 is 5.97 Å². The summed E-state index contributed by atoms with van der Waals surface area (Å²) in [5, 5.41) is 18.3. The summed E-state index contributed by atoms with van der Waals surface area (Å²) in [6, 6.07) is 4.21. The molecule has 17 heavy (non-hydrogen) atoms. The molecule has 1 atom stereocenters. The van der Waals surface area contributed by atoms with E-state index < -0.39 is 5.97 Å². The van der Waals surface area contributed by atoms with E-state index in [9.17, 15) is 9.90 Å². The molecular weight excluding hydrogens is 246 g/mol. The third-order valence-electron chi connectivity index (χ3n) is 2.10. The van der Waals surface area contributed by atoms with Gasteiger partial charge in [0.2, 0.25) is 0 Å². The highest BCUT2D eigenvalue weighted by Crippen LogP contribution is 2.29. The second-order valence-corrected chi connectivity index (χ2v) is 3.44. The van der Waals surface area contributed by atoms with Gasteiger partial charge in [0.15, 0.2) is 11.5 Å². The van der Waals surface area contributed by atoms with Gasteiger partial charge in [-0.3, -0.25) is 4.79 Å². The second-order valence-electron chi connectivity index (χ2n) is 3.44. The van der Waals surface area contributed by atoms with Crippen molar-refractivity contribution in [1.29, 1.82) is 0 Å². The van der Waals surface area contributed by atoms with E-state index in [1.807, 2.05) is 0 Å². The van der Waals surface area contributed by atoms with Crippen LogP contribution < -0.4 is 10.5 Å². The minimum absolute atomic E-state index is 0. The lowest BCUT2D eigenvalue weighted by molar-refractivity contribution is -0.132. The van der Waals surface area contributed by atoms with E-state index >= 15 is 0 Å². The molecule has 1 aromatic carbocycles. The number of hydrogen-bond acceptors (Lipinski definition) is 5. The molecule has 0 fully saturated rings. The van der Waals surface area contributed by atoms with E-state index in [4.69, 9.17) is 15.6 Å². The van der Waals surface area contributed by atoms with Gasteiger partial charge in [-0.25, -0.2) is 0 Å². The number of carbonyl (C=O) groups excluding carboxylic acids is 1. The van der Waals surface area contributed by atoms with Crippen LogP contribution in [0.15, 0.2) is 18.2 Å². The maximum Gasteiger partial charge on any atom is 0.308 e. The van der Waals surface area contributed by atoms with E-state index in [2.05, 4.69) is 0 Å². The zero-order valence-corrected chi connectivity index (χ0v) is 10.2. The number of hydrogen-bond donors (Lipinski definition) is 3. The lowest BCUT2D eigenvalue weighted by atomic mass is 10.0. The van der Waals surface area contributed by atoms with Crippen molar-refractivity contribution in [3.05, 3.63) is 23.8 Å². The molecule has 0 bridgehead atoms. The second kappa shape index (κ2) is 7.11. The van der Waals surface area contributed by atoms with Crippen LogP contribution in [0.25, 0.3) is 0 Å². The van der Waals surface area contributed by atoms with Crippen LogP contribution in [0.4, 0.5) is 0 Å². The van der Waals surface area contributed by atoms with Gasteiger partial charge in [0.1, 0.15) is 0 Å². The minimum atomic E-state index is -0.497. The van der Waals surface area contributed by atoms with Crippen LogP contribution in [-0.4, -0.2) is 22.8 Å². The summed E-state index contributed by atoms with van der Waals surface area (Å²) in [6.45, 7) is 1.23. The van der Waals surface area contributed by atoms with Crippen molar-refractivity contribution in [2.75, 3.05) is 6.61 Å². The summed E-state index contributed by atoms with van der Waals surface area (Å²) in [4.78, 5) is 10.7. The highest BCUT2D eigenvalue weighted by atomic mass is 35.5. The highest BCUT2D eigenvalue weighted by molar-refractivity contribution is 5.85. The van der Waals surface area contributed by atoms with Crippen molar-refractivity contribution >= 4 is 18.4 Å². The quantitative estimate of drug-likeness (QED) is 0.558. The normalized spacial score (nSPS) is 11.5. The van der Waals surface area contributed by atoms with Gasteiger partial charge in [-0.15, -0.1) is 12.4 Å². The molecule has 1 rings (SSSR count). The Morgan fingerprint density at radius 1 is 1.53 bits per heavy atom. The van der Waals surface area contributed by atoms with E-state index in [0.29, 0.717) is 12.0 Å². The Morgan fingerprint density at radius 2 is 2.18 bits per heavy atom. The first-order chi connectivity index (χ1) is 7.54. The number of carbonyl (C=O) groups is 1. The van der Waals surface area contributed by atoms with E-state index in [-0.39, 0.29) is 36.6 Å². The number of aliphatic hydroxyl groups excluding tert-OH is 1. The molecule has 4 N–H and O–H groups in total. The van der Waals surface area contributed by atoms with Gasteiger partial charge in [0, 0.05) is 19.6 Å². The van der Waals surface area contributed by atoms with E-state index in [1.54, 1.807) is 6.07 Å². The molecule has 0 aromatic heterocycles. The van der Waals surface area contributed by atoms with Crippen molar-refractivity contribution in [2.24, 2.45) is 5.73 Å². The topological polar surface area (TPSA) is 92.8 Å². The maximum absolute atomic E-state index is 10.7. The fourth-order valence-corrected chi connectivity index (χ4v) is 1.31. The molecular formula is C11H16ClNO4. The number of nitrogens with two attached hydrogens (primary N) is 1. The predicted octanol–water partition coefficient (Wildman–Crippen LogP) is 1.12. The van der Waals surface area contributed by atoms with Gasteiger partial charge in [0.25, 0.3) is 0 Å². The molecule has 0 saturated heterocycles. The number of esters is 1. The molecule has 0 spiro atoms. The van der Waals surface area contributed by atoms with Gasteiger partial charge in [-0.05, 0) is 24.1 Å². The summed E-state index contributed by atoms with van der Waals surface area (Å²) < 4.78 is 4.76. The highest BCUT2D eigenvalue weighted by Gasteiger charge is 2.10. The molecule has 0 aliphatic rings. The molecule has 5 nitrogen and oxygen atoms in total. The first kappa shape index (κ1) is 15.7. The van der Waals surface area contributed by atoms with Crippen LogP contribution in [0, 0.1) is 0 Å². The summed E-state index contributed by atoms with van der Waals surface area (Å²) in [6.07, 6.45) is 0.409. The van der Waals surface area contributed by atoms with E-state index in [0.717, 1.165) is 0 Å². The molecule has 96 valence electrons. The fraction of sp³-hybridized carbons (Fsp3) is 0.364. The van der Waals surface area contributed by atoms with Crippen LogP contribution in [-0.2, 0) is 4.79 Å². The number of aromatic hydroxyl groups is 1. The first-order valence-corrected chi connectivity index (χ1v) is 4.92. The Hall–Kier alpha value is -1.30. The molecule has 0 saturated carbocycles. The van der Waals surface area contributed by atoms with Crippen molar-refractivity contribution in [3.8, 4) is 11.5 Å². The van der Waals surface area contributed by atoms with Gasteiger partial charge in [-0.2, -0.15) is 0 Å². The third-order valence-corrected chi connectivity index (χ3v) is 2.10. The molecule has 0 unspecified atom stereocenters. The Balaban J connectivity index is 0.00000256. The molecule has 0 aliphatic carbocycles. The molecule has 6 heteroatoms. The number of halogens is 1. The molecule has 0 amide bonds. The monoisotopic (exact) mass is 261 g/mol. The SMILES string of the molecule is CC(=O)Oc1ccc([C@H](N)CCO)cc1O.Cl. The predicted molar refractivity (Wildman–Crippen MR) is 65.3 cm³/mol. The molecule has 1 aromatic rings. The van der Waals surface area contributed by atoms with Crippen molar-refractivity contribution in [1.82, 2.24) is 0 Å². The number of ether oxygens (including phenoxy) is 1. The van der Waals surface area contributed by atoms with Gasteiger partial charge < -0.3 is 20.7 Å². The van der Waals surface area contributed by atoms with Gasteiger partial charge in [0.05, 0.1) is 0 Å². The zero-order valence-electron chi connectivity index (χ0n) is 9.42. The Bertz CT molecular complexity index is 384. The average Bonchev–Trinajstić information content (AvgIpc) is 2.20. The smallest absolute Gasteiger partial charge is 0.308 e. The van der Waals surface area contributed by atoms with Crippen LogP contribution in [0.2, 0.25) is 0 Å². The summed E-state index contributed by atoms with van der Waals surface area (Å²) in [5.41, 5.74) is 6.43. The Kier molecular flexibility index (Phi) is 6.57. The maximum atomic E-state index is 10.7. The molecule has 0 heterocycles. The van der Waals surface area contributed by atoms with Crippen LogP contribution in [0.1, 0.15) is 24.9 Å². The summed E-state index contributed by atoms with van der Waals surface area (Å²) >= 11 is 0. The third kappa shape index (κ3) is 4.60. The number of phenolic OH excluding ortho intramolecular Hbond substituents is 1. The van der Waals surface area contributed by atoms with Crippen molar-refractivity contribution < 1.29 is 19.7 Å². The van der Waals surface area contributed by atoms with Crippen molar-refractivity contribution in [2.45, 2.75) is 19.4 Å². The Morgan fingerprint density at radius 3 is 2.65 bits per heavy atom. The largest absolute Gasteiger partial charge is 0.504 e. The Labute approximate surface area is 106 Å². The standard InChI is InChI=1S/C11H15NO4.ClH/c1-7(14)16-11-3-2-8(6-10(11)15)9(12)4-5-13;/h2-3,6,9,13,15H,4-5,12H2,1H3;1H/t9-;/m1./s1. The first-order valence-electron chi connectivity index (χ1n) is 4.92. The number of benzene rings is 1. The summed E-state index contributed by atoms with van der Waals surface area (Å²) in [7, 11) is 0. The minimum Gasteiger partial charge on any atom is -0.504 e. The number of rotatable bonds is 4. The molecule has 0 aliphatic heterocycles. The van der Waals surface area contributed by atoms with Crippen LogP contribution in [0.3, 0.4) is 0 Å². The van der Waals surface area contributed by atoms with Crippen molar-refractivity contribution in [3.63, 3.8) is 0 Å². The summed E-state index contributed by atoms with van der Waals surface area (Å²) in [5.74, 6) is -0.531. The van der Waals surface area contributed by atoms with Crippen LogP contribution >= 0.6 is 12.4 Å². The lowest BCUT2D eigenvalue weighted by Gasteiger charge is -2.12. The lowest BCUT2D eigenvalue weighted by Crippen LogP contribution is -2.12. The fourth-order valence-electron chi connectivity index (χ4n) is 1.31.